The molecule has 0 bridgehead atoms. The van der Waals surface area contributed by atoms with E-state index >= 15 is 0 Å². The number of benzene rings is 1. The third-order valence-electron chi connectivity index (χ3n) is 5.28. The molecule has 1 aromatic carbocycles. The number of aromatic carboxylic acids is 1. The van der Waals surface area contributed by atoms with E-state index in [1.54, 1.807) is 23.7 Å². The van der Waals surface area contributed by atoms with E-state index in [1.165, 1.54) is 0 Å². The lowest BCUT2D eigenvalue weighted by Gasteiger charge is -2.33. The zero-order valence-electron chi connectivity index (χ0n) is 15.3. The maximum absolute atomic E-state index is 13.1. The van der Waals surface area contributed by atoms with E-state index < -0.39 is 5.97 Å². The molecule has 2 aromatic rings. The van der Waals surface area contributed by atoms with Crippen LogP contribution < -0.4 is 9.47 Å². The third kappa shape index (κ3) is 2.90. The molecule has 27 heavy (non-hydrogen) atoms. The number of methoxy groups -OCH3 is 1. The van der Waals surface area contributed by atoms with Crippen molar-refractivity contribution in [2.75, 3.05) is 20.3 Å². The maximum atomic E-state index is 13.1. The van der Waals surface area contributed by atoms with Gasteiger partial charge in [0.2, 0.25) is 5.91 Å². The monoisotopic (exact) mass is 371 g/mol. The summed E-state index contributed by atoms with van der Waals surface area (Å²) in [5.41, 5.74) is 2.49. The van der Waals surface area contributed by atoms with Gasteiger partial charge < -0.3 is 19.5 Å². The van der Waals surface area contributed by atoms with Crippen LogP contribution in [-0.4, -0.2) is 51.9 Å². The van der Waals surface area contributed by atoms with Gasteiger partial charge in [0.15, 0.2) is 17.2 Å². The van der Waals surface area contributed by atoms with Crippen LogP contribution in [0.25, 0.3) is 0 Å². The Kier molecular flexibility index (Phi) is 4.25. The molecule has 4 rings (SSSR count). The number of carboxylic acid groups (broad SMARTS) is 1. The molecule has 1 atom stereocenters. The Morgan fingerprint density at radius 1 is 1.37 bits per heavy atom. The van der Waals surface area contributed by atoms with Crippen molar-refractivity contribution in [2.45, 2.75) is 19.4 Å². The van der Waals surface area contributed by atoms with Gasteiger partial charge in [0.05, 0.1) is 13.0 Å². The van der Waals surface area contributed by atoms with Gasteiger partial charge in [-0.05, 0) is 18.1 Å². The summed E-state index contributed by atoms with van der Waals surface area (Å²) in [5.74, 6) is -0.0125. The average Bonchev–Trinajstić information content (AvgIpc) is 3.02. The van der Waals surface area contributed by atoms with Gasteiger partial charge in [-0.15, -0.1) is 0 Å². The smallest absolute Gasteiger partial charge is 0.356 e. The Morgan fingerprint density at radius 2 is 2.19 bits per heavy atom. The van der Waals surface area contributed by atoms with Crippen LogP contribution in [0.1, 0.15) is 27.3 Å². The molecule has 2 aliphatic heterocycles. The summed E-state index contributed by atoms with van der Waals surface area (Å²) in [6, 6.07) is 5.66. The Morgan fingerprint density at radius 3 is 2.93 bits per heavy atom. The summed E-state index contributed by atoms with van der Waals surface area (Å²) in [6.07, 6.45) is 1.17. The number of ether oxygens (including phenoxy) is 2. The second-order valence-electron chi connectivity index (χ2n) is 6.87. The molecule has 0 fully saturated rings. The fraction of sp³-hybridized carbons (Fsp3) is 0.421. The van der Waals surface area contributed by atoms with Crippen LogP contribution in [-0.2, 0) is 31.2 Å². The second-order valence-corrected chi connectivity index (χ2v) is 6.87. The number of carbonyl (C=O) groups is 2. The molecule has 0 aliphatic carbocycles. The van der Waals surface area contributed by atoms with Crippen LogP contribution in [0.2, 0.25) is 0 Å². The number of hydrogen-bond acceptors (Lipinski definition) is 5. The van der Waals surface area contributed by atoms with E-state index in [2.05, 4.69) is 5.10 Å². The fourth-order valence-electron chi connectivity index (χ4n) is 3.92. The van der Waals surface area contributed by atoms with Gasteiger partial charge in [-0.1, -0.05) is 12.1 Å². The van der Waals surface area contributed by atoms with Crippen molar-refractivity contribution < 1.29 is 24.2 Å². The Labute approximate surface area is 156 Å². The van der Waals surface area contributed by atoms with Gasteiger partial charge in [-0.25, -0.2) is 4.79 Å². The molecule has 8 heteroatoms. The van der Waals surface area contributed by atoms with Gasteiger partial charge in [-0.3, -0.25) is 9.48 Å². The summed E-state index contributed by atoms with van der Waals surface area (Å²) >= 11 is 0. The van der Waals surface area contributed by atoms with Gasteiger partial charge >= 0.3 is 5.97 Å². The minimum atomic E-state index is -1.07. The topological polar surface area (TPSA) is 93.9 Å². The number of hydrogen-bond donors (Lipinski definition) is 1. The van der Waals surface area contributed by atoms with Gasteiger partial charge in [0, 0.05) is 37.8 Å². The van der Waals surface area contributed by atoms with Crippen LogP contribution >= 0.6 is 0 Å². The Hall–Kier alpha value is -3.03. The molecule has 1 N–H and O–H groups in total. The average molecular weight is 371 g/mol. The predicted molar refractivity (Wildman–Crippen MR) is 95.0 cm³/mol. The zero-order valence-corrected chi connectivity index (χ0v) is 15.3. The lowest BCUT2D eigenvalue weighted by atomic mass is 9.94. The quantitative estimate of drug-likeness (QED) is 0.873. The number of fused-ring (bicyclic) bond motifs is 2. The van der Waals surface area contributed by atoms with E-state index in [0.717, 1.165) is 11.3 Å². The van der Waals surface area contributed by atoms with E-state index in [1.807, 2.05) is 18.2 Å². The van der Waals surface area contributed by atoms with Crippen LogP contribution in [0.3, 0.4) is 0 Å². The molecule has 142 valence electrons. The zero-order chi connectivity index (χ0) is 19.1. The molecule has 3 heterocycles. The highest BCUT2D eigenvalue weighted by molar-refractivity contribution is 5.88. The standard InChI is InChI=1S/C19H21N3O5/c1-21-14-6-7-22(9-13(14)16(20-21)19(24)25)18(23)12-8-11-4-3-5-15(26-2)17(11)27-10-12/h3-5,12H,6-10H2,1-2H3,(H,24,25). The number of carbonyl (C=O) groups excluding carboxylic acids is 1. The number of rotatable bonds is 3. The second kappa shape index (κ2) is 6.61. The summed E-state index contributed by atoms with van der Waals surface area (Å²) in [7, 11) is 3.33. The van der Waals surface area contributed by atoms with Gasteiger partial charge in [0.1, 0.15) is 6.61 Å². The summed E-state index contributed by atoms with van der Waals surface area (Å²) in [6.45, 7) is 1.10. The molecule has 1 amide bonds. The van der Waals surface area contributed by atoms with Crippen molar-refractivity contribution in [3.63, 3.8) is 0 Å². The molecule has 0 radical (unpaired) electrons. The summed E-state index contributed by atoms with van der Waals surface area (Å²) in [5, 5.41) is 13.5. The molecular weight excluding hydrogens is 350 g/mol. The third-order valence-corrected chi connectivity index (χ3v) is 5.28. The number of nitrogens with zero attached hydrogens (tertiary/aromatic N) is 3. The first-order valence-corrected chi connectivity index (χ1v) is 8.85. The Balaban J connectivity index is 1.54. The number of aryl methyl sites for hydroxylation is 1. The highest BCUT2D eigenvalue weighted by Gasteiger charge is 2.34. The van der Waals surface area contributed by atoms with Gasteiger partial charge in [-0.2, -0.15) is 5.10 Å². The minimum Gasteiger partial charge on any atom is -0.493 e. The first-order chi connectivity index (χ1) is 13.0. The molecule has 2 aliphatic rings. The minimum absolute atomic E-state index is 0.0192. The van der Waals surface area contributed by atoms with Crippen molar-refractivity contribution in [3.8, 4) is 11.5 Å². The lowest BCUT2D eigenvalue weighted by Crippen LogP contribution is -2.43. The molecule has 0 saturated carbocycles. The molecule has 1 unspecified atom stereocenters. The summed E-state index contributed by atoms with van der Waals surface area (Å²) in [4.78, 5) is 26.2. The van der Waals surface area contributed by atoms with E-state index in [9.17, 15) is 14.7 Å². The largest absolute Gasteiger partial charge is 0.493 e. The molecule has 0 saturated heterocycles. The van der Waals surface area contributed by atoms with Crippen molar-refractivity contribution in [3.05, 3.63) is 40.7 Å². The molecular formula is C19H21N3O5. The van der Waals surface area contributed by atoms with Crippen molar-refractivity contribution in [1.82, 2.24) is 14.7 Å². The molecule has 1 aromatic heterocycles. The summed E-state index contributed by atoms with van der Waals surface area (Å²) < 4.78 is 12.7. The first-order valence-electron chi connectivity index (χ1n) is 8.85. The number of carboxylic acids is 1. The molecule has 0 spiro atoms. The highest BCUT2D eigenvalue weighted by atomic mass is 16.5. The SMILES string of the molecule is COc1cccc2c1OCC(C(=O)N1CCc3c(c(C(=O)O)nn3C)C1)C2. The molecule has 8 nitrogen and oxygen atoms in total. The van der Waals surface area contributed by atoms with Crippen molar-refractivity contribution in [1.29, 1.82) is 0 Å². The number of amides is 1. The van der Waals surface area contributed by atoms with E-state index in [4.69, 9.17) is 9.47 Å². The van der Waals surface area contributed by atoms with Crippen LogP contribution in [0.5, 0.6) is 11.5 Å². The first kappa shape index (κ1) is 17.4. The van der Waals surface area contributed by atoms with Crippen molar-refractivity contribution in [2.24, 2.45) is 13.0 Å². The number of para-hydroxylation sites is 1. The van der Waals surface area contributed by atoms with Crippen molar-refractivity contribution >= 4 is 11.9 Å². The number of aromatic nitrogens is 2. The van der Waals surface area contributed by atoms with Crippen LogP contribution in [0.15, 0.2) is 18.2 Å². The predicted octanol–water partition coefficient (Wildman–Crippen LogP) is 1.26. The van der Waals surface area contributed by atoms with E-state index in [0.29, 0.717) is 36.4 Å². The van der Waals surface area contributed by atoms with Gasteiger partial charge in [0.25, 0.3) is 0 Å². The maximum Gasteiger partial charge on any atom is 0.356 e. The van der Waals surface area contributed by atoms with E-state index in [-0.39, 0.29) is 30.7 Å². The normalized spacial score (nSPS) is 18.3. The van der Waals surface area contributed by atoms with Crippen LogP contribution in [0.4, 0.5) is 0 Å². The lowest BCUT2D eigenvalue weighted by molar-refractivity contribution is -0.137. The van der Waals surface area contributed by atoms with Crippen LogP contribution in [0, 0.1) is 5.92 Å². The highest BCUT2D eigenvalue weighted by Crippen LogP contribution is 2.36. The fourth-order valence-corrected chi connectivity index (χ4v) is 3.92. The Bertz CT molecular complexity index is 920.